The highest BCUT2D eigenvalue weighted by atomic mass is 79.9. The number of aromatic nitrogens is 1. The van der Waals surface area contributed by atoms with Crippen LogP contribution in [0.4, 0.5) is 4.39 Å². The number of pyridine rings is 1. The molecular formula is C10H9BrFNO2. The van der Waals surface area contributed by atoms with Gasteiger partial charge in [-0.05, 0) is 18.6 Å². The number of allylic oxidation sites excluding steroid dienone is 1. The molecule has 1 aromatic heterocycles. The van der Waals surface area contributed by atoms with Crippen LogP contribution in [0.15, 0.2) is 18.3 Å². The van der Waals surface area contributed by atoms with Gasteiger partial charge in [-0.2, -0.15) is 0 Å². The van der Waals surface area contributed by atoms with Crippen molar-refractivity contribution in [3.8, 4) is 0 Å². The van der Waals surface area contributed by atoms with Crippen LogP contribution >= 0.6 is 15.9 Å². The van der Waals surface area contributed by atoms with Gasteiger partial charge in [-0.3, -0.25) is 4.98 Å². The maximum atomic E-state index is 13.4. The van der Waals surface area contributed by atoms with E-state index in [-0.39, 0.29) is 11.3 Å². The molecule has 5 heteroatoms. The minimum Gasteiger partial charge on any atom is -0.478 e. The average Bonchev–Trinajstić information content (AvgIpc) is 2.20. The first-order chi connectivity index (χ1) is 7.16. The zero-order chi connectivity index (χ0) is 11.3. The second-order valence-corrected chi connectivity index (χ2v) is 3.54. The highest BCUT2D eigenvalue weighted by molar-refractivity contribution is 9.09. The van der Waals surface area contributed by atoms with Gasteiger partial charge >= 0.3 is 5.97 Å². The molecule has 0 aliphatic rings. The topological polar surface area (TPSA) is 50.2 Å². The first-order valence-electron chi connectivity index (χ1n) is 4.27. The standard InChI is InChI=1S/C10H9BrFNO2/c11-5-2-1-3-8-9(12)7(10(14)15)4-6-13-8/h1,3-4,6H,2,5H2,(H,14,15). The summed E-state index contributed by atoms with van der Waals surface area (Å²) < 4.78 is 13.4. The molecule has 0 saturated carbocycles. The van der Waals surface area contributed by atoms with E-state index in [2.05, 4.69) is 20.9 Å². The summed E-state index contributed by atoms with van der Waals surface area (Å²) in [5.41, 5.74) is -0.306. The van der Waals surface area contributed by atoms with Crippen LogP contribution in [0.3, 0.4) is 0 Å². The lowest BCUT2D eigenvalue weighted by atomic mass is 10.2. The number of carboxylic acid groups (broad SMARTS) is 1. The molecule has 0 aliphatic heterocycles. The van der Waals surface area contributed by atoms with E-state index in [4.69, 9.17) is 5.11 Å². The fourth-order valence-electron chi connectivity index (χ4n) is 0.999. The lowest BCUT2D eigenvalue weighted by molar-refractivity contribution is 0.0691. The summed E-state index contributed by atoms with van der Waals surface area (Å²) in [7, 11) is 0. The number of rotatable bonds is 4. The highest BCUT2D eigenvalue weighted by Gasteiger charge is 2.12. The second-order valence-electron chi connectivity index (χ2n) is 2.74. The molecule has 0 aliphatic carbocycles. The fourth-order valence-corrected chi connectivity index (χ4v) is 1.26. The molecular weight excluding hydrogens is 265 g/mol. The smallest absolute Gasteiger partial charge is 0.338 e. The molecule has 1 N–H and O–H groups in total. The number of halogens is 2. The largest absolute Gasteiger partial charge is 0.478 e. The maximum absolute atomic E-state index is 13.4. The van der Waals surface area contributed by atoms with Crippen LogP contribution in [0, 0.1) is 5.82 Å². The van der Waals surface area contributed by atoms with E-state index in [0.717, 1.165) is 17.8 Å². The van der Waals surface area contributed by atoms with Crippen molar-refractivity contribution in [2.24, 2.45) is 0 Å². The summed E-state index contributed by atoms with van der Waals surface area (Å²) in [6.07, 6.45) is 5.22. The van der Waals surface area contributed by atoms with E-state index in [1.54, 1.807) is 6.08 Å². The van der Waals surface area contributed by atoms with E-state index < -0.39 is 11.8 Å². The molecule has 1 heterocycles. The normalized spacial score (nSPS) is 10.8. The van der Waals surface area contributed by atoms with Crippen LogP contribution in [0.2, 0.25) is 0 Å². The number of nitrogens with zero attached hydrogens (tertiary/aromatic N) is 1. The van der Waals surface area contributed by atoms with Crippen molar-refractivity contribution in [2.75, 3.05) is 5.33 Å². The summed E-state index contributed by atoms with van der Waals surface area (Å²) in [4.78, 5) is 14.4. The Morgan fingerprint density at radius 2 is 2.40 bits per heavy atom. The second kappa shape index (κ2) is 5.60. The molecule has 0 aromatic carbocycles. The summed E-state index contributed by atoms with van der Waals surface area (Å²) in [5.74, 6) is -2.08. The van der Waals surface area contributed by atoms with Crippen LogP contribution in [0.25, 0.3) is 6.08 Å². The van der Waals surface area contributed by atoms with Crippen molar-refractivity contribution in [3.05, 3.63) is 35.4 Å². The molecule has 0 atom stereocenters. The highest BCUT2D eigenvalue weighted by Crippen LogP contribution is 2.12. The molecule has 0 unspecified atom stereocenters. The molecule has 0 fully saturated rings. The number of hydrogen-bond acceptors (Lipinski definition) is 2. The van der Waals surface area contributed by atoms with Gasteiger partial charge in [-0.25, -0.2) is 9.18 Å². The van der Waals surface area contributed by atoms with Gasteiger partial charge < -0.3 is 5.11 Å². The van der Waals surface area contributed by atoms with Crippen LogP contribution < -0.4 is 0 Å². The van der Waals surface area contributed by atoms with Crippen molar-refractivity contribution in [2.45, 2.75) is 6.42 Å². The van der Waals surface area contributed by atoms with Crippen molar-refractivity contribution >= 4 is 28.0 Å². The summed E-state index contributed by atoms with van der Waals surface area (Å²) in [5, 5.41) is 9.43. The maximum Gasteiger partial charge on any atom is 0.338 e. The number of carboxylic acids is 1. The van der Waals surface area contributed by atoms with E-state index in [1.165, 1.54) is 12.3 Å². The molecule has 0 spiro atoms. The molecule has 3 nitrogen and oxygen atoms in total. The lowest BCUT2D eigenvalue weighted by Crippen LogP contribution is -2.03. The molecule has 1 aromatic rings. The fraction of sp³-hybridized carbons (Fsp3) is 0.200. The van der Waals surface area contributed by atoms with Gasteiger partial charge in [0.2, 0.25) is 0 Å². The first kappa shape index (κ1) is 11.8. The van der Waals surface area contributed by atoms with Crippen LogP contribution in [0.1, 0.15) is 22.5 Å². The zero-order valence-electron chi connectivity index (χ0n) is 7.78. The lowest BCUT2D eigenvalue weighted by Gasteiger charge is -1.99. The van der Waals surface area contributed by atoms with E-state index in [0.29, 0.717) is 0 Å². The minimum atomic E-state index is -1.29. The van der Waals surface area contributed by atoms with Gasteiger partial charge in [-0.1, -0.05) is 22.0 Å². The van der Waals surface area contributed by atoms with Crippen molar-refractivity contribution < 1.29 is 14.3 Å². The van der Waals surface area contributed by atoms with Gasteiger partial charge in [0, 0.05) is 11.5 Å². The molecule has 15 heavy (non-hydrogen) atoms. The monoisotopic (exact) mass is 273 g/mol. The Kier molecular flexibility index (Phi) is 4.42. The SMILES string of the molecule is O=C(O)c1ccnc(C=CCCBr)c1F. The van der Waals surface area contributed by atoms with Crippen molar-refractivity contribution in [3.63, 3.8) is 0 Å². The number of carbonyl (C=O) groups is 1. The summed E-state index contributed by atoms with van der Waals surface area (Å²) in [6.45, 7) is 0. The van der Waals surface area contributed by atoms with Crippen LogP contribution in [-0.4, -0.2) is 21.4 Å². The quantitative estimate of drug-likeness (QED) is 0.859. The molecule has 80 valence electrons. The van der Waals surface area contributed by atoms with Crippen LogP contribution in [0.5, 0.6) is 0 Å². The van der Waals surface area contributed by atoms with Gasteiger partial charge in [-0.15, -0.1) is 0 Å². The Hall–Kier alpha value is -1.23. The molecule has 0 amide bonds. The Labute approximate surface area is 94.8 Å². The van der Waals surface area contributed by atoms with Crippen LogP contribution in [-0.2, 0) is 0 Å². The molecule has 0 radical (unpaired) electrons. The van der Waals surface area contributed by atoms with Gasteiger partial charge in [0.1, 0.15) is 0 Å². The molecule has 1 rings (SSSR count). The predicted octanol–water partition coefficient (Wildman–Crippen LogP) is 2.72. The molecule has 0 bridgehead atoms. The first-order valence-corrected chi connectivity index (χ1v) is 5.39. The average molecular weight is 274 g/mol. The van der Waals surface area contributed by atoms with E-state index in [9.17, 15) is 9.18 Å². The summed E-state index contributed by atoms with van der Waals surface area (Å²) >= 11 is 3.22. The number of alkyl halides is 1. The van der Waals surface area contributed by atoms with E-state index >= 15 is 0 Å². The Bertz CT molecular complexity index is 393. The zero-order valence-corrected chi connectivity index (χ0v) is 9.37. The van der Waals surface area contributed by atoms with Gasteiger partial charge in [0.15, 0.2) is 5.82 Å². The molecule has 0 saturated heterocycles. The van der Waals surface area contributed by atoms with Gasteiger partial charge in [0.05, 0.1) is 11.3 Å². The predicted molar refractivity (Wildman–Crippen MR) is 58.6 cm³/mol. The third-order valence-corrected chi connectivity index (χ3v) is 2.16. The van der Waals surface area contributed by atoms with Crippen molar-refractivity contribution in [1.82, 2.24) is 4.98 Å². The van der Waals surface area contributed by atoms with Gasteiger partial charge in [0.25, 0.3) is 0 Å². The number of hydrogen-bond donors (Lipinski definition) is 1. The van der Waals surface area contributed by atoms with E-state index in [1.807, 2.05) is 0 Å². The minimum absolute atomic E-state index is 0.0517. The Morgan fingerprint density at radius 1 is 1.67 bits per heavy atom. The summed E-state index contributed by atoms with van der Waals surface area (Å²) in [6, 6.07) is 1.14. The number of aromatic carboxylic acids is 1. The third-order valence-electron chi connectivity index (χ3n) is 1.70. The Morgan fingerprint density at radius 3 is 3.00 bits per heavy atom. The van der Waals surface area contributed by atoms with Crippen molar-refractivity contribution in [1.29, 1.82) is 0 Å². The third kappa shape index (κ3) is 3.13. The Balaban J connectivity index is 2.99.